The summed E-state index contributed by atoms with van der Waals surface area (Å²) in [5, 5.41) is 15.0. The summed E-state index contributed by atoms with van der Waals surface area (Å²) in [4.78, 5) is 0. The number of quaternary nitrogens is 1. The predicted octanol–water partition coefficient (Wildman–Crippen LogP) is 3.22. The van der Waals surface area contributed by atoms with Gasteiger partial charge in [0.25, 0.3) is 0 Å². The molecule has 4 rings (SSSR count). The fourth-order valence-electron chi connectivity index (χ4n) is 3.88. The van der Waals surface area contributed by atoms with E-state index in [0.29, 0.717) is 19.2 Å². The molecule has 0 fully saturated rings. The smallest absolute Gasteiger partial charge is 0.137 e. The van der Waals surface area contributed by atoms with Crippen LogP contribution in [0.4, 0.5) is 0 Å². The van der Waals surface area contributed by atoms with Gasteiger partial charge in [-0.3, -0.25) is 0 Å². The zero-order valence-corrected chi connectivity index (χ0v) is 15.0. The predicted molar refractivity (Wildman–Crippen MR) is 104 cm³/mol. The van der Waals surface area contributed by atoms with Crippen LogP contribution in [-0.2, 0) is 6.42 Å². The maximum absolute atomic E-state index is 10.3. The molecule has 0 radical (unpaired) electrons. The number of aliphatic hydroxyl groups excluding tert-OH is 1. The van der Waals surface area contributed by atoms with Gasteiger partial charge in [-0.2, -0.15) is 0 Å². The number of fused-ring (bicyclic) bond motifs is 2. The molecule has 3 aromatic carbocycles. The van der Waals surface area contributed by atoms with Gasteiger partial charge in [0.1, 0.15) is 31.0 Å². The molecule has 1 aliphatic rings. The van der Waals surface area contributed by atoms with Gasteiger partial charge in [0.05, 0.1) is 0 Å². The van der Waals surface area contributed by atoms with E-state index < -0.39 is 6.10 Å². The summed E-state index contributed by atoms with van der Waals surface area (Å²) < 4.78 is 5.82. The Kier molecular flexibility index (Phi) is 5.19. The van der Waals surface area contributed by atoms with Gasteiger partial charge in [-0.15, -0.1) is 0 Å². The minimum atomic E-state index is -0.476. The lowest BCUT2D eigenvalue weighted by molar-refractivity contribution is -0.702. The minimum Gasteiger partial charge on any atom is -0.491 e. The maximum Gasteiger partial charge on any atom is 0.137 e. The van der Waals surface area contributed by atoms with Crippen molar-refractivity contribution in [2.75, 3.05) is 13.2 Å². The molecule has 1 aliphatic carbocycles. The standard InChI is InChI=1S/C23H25NO2/c25-20(15-24-23-11-5-9-18-7-3-4-10-22(18)23)16-26-21-13-12-17-6-1-2-8-19(17)14-21/h1-4,6-8,10,12-14,20,23-25H,5,9,11,15-16H2/p+1/t20-,23+/m1/s1. The summed E-state index contributed by atoms with van der Waals surface area (Å²) in [6.45, 7) is 0.982. The number of nitrogens with two attached hydrogens (primary N) is 1. The van der Waals surface area contributed by atoms with Crippen molar-refractivity contribution in [2.45, 2.75) is 31.4 Å². The first kappa shape index (κ1) is 17.1. The normalized spacial score (nSPS) is 17.7. The molecule has 0 amide bonds. The van der Waals surface area contributed by atoms with Crippen molar-refractivity contribution >= 4 is 10.8 Å². The van der Waals surface area contributed by atoms with Crippen molar-refractivity contribution in [1.29, 1.82) is 0 Å². The molecule has 3 nitrogen and oxygen atoms in total. The summed E-state index contributed by atoms with van der Waals surface area (Å²) in [6, 6.07) is 23.4. The molecule has 0 unspecified atom stereocenters. The summed E-state index contributed by atoms with van der Waals surface area (Å²) in [6.07, 6.45) is 3.10. The highest BCUT2D eigenvalue weighted by molar-refractivity contribution is 5.83. The van der Waals surface area contributed by atoms with E-state index in [0.717, 1.165) is 11.1 Å². The SMILES string of the molecule is O[C@H](C[NH2+][C@H]1CCCc2ccccc21)COc1ccc2ccccc2c1. The van der Waals surface area contributed by atoms with Gasteiger partial charge in [0.15, 0.2) is 0 Å². The van der Waals surface area contributed by atoms with Gasteiger partial charge in [0, 0.05) is 12.0 Å². The second kappa shape index (κ2) is 7.90. The third-order valence-electron chi connectivity index (χ3n) is 5.27. The zero-order valence-electron chi connectivity index (χ0n) is 15.0. The minimum absolute atomic E-state index is 0.323. The van der Waals surface area contributed by atoms with Crippen LogP contribution >= 0.6 is 0 Å². The number of hydrogen-bond acceptors (Lipinski definition) is 2. The molecular formula is C23H26NO2+. The average Bonchev–Trinajstić information content (AvgIpc) is 2.70. The van der Waals surface area contributed by atoms with E-state index in [4.69, 9.17) is 4.74 Å². The van der Waals surface area contributed by atoms with Crippen molar-refractivity contribution in [3.63, 3.8) is 0 Å². The molecule has 0 spiro atoms. The van der Waals surface area contributed by atoms with Crippen LogP contribution in [0.5, 0.6) is 5.75 Å². The van der Waals surface area contributed by atoms with Gasteiger partial charge in [-0.25, -0.2) is 0 Å². The first-order chi connectivity index (χ1) is 12.8. The monoisotopic (exact) mass is 348 g/mol. The number of ether oxygens (including phenoxy) is 1. The van der Waals surface area contributed by atoms with Gasteiger partial charge >= 0.3 is 0 Å². The Hall–Kier alpha value is -2.36. The Balaban J connectivity index is 1.31. The van der Waals surface area contributed by atoms with Crippen molar-refractivity contribution < 1.29 is 15.2 Å². The summed E-state index contributed by atoms with van der Waals surface area (Å²) >= 11 is 0. The van der Waals surface area contributed by atoms with Crippen molar-refractivity contribution in [1.82, 2.24) is 0 Å². The highest BCUT2D eigenvalue weighted by atomic mass is 16.5. The average molecular weight is 348 g/mol. The number of hydrogen-bond donors (Lipinski definition) is 2. The van der Waals surface area contributed by atoms with Crippen LogP contribution in [0.3, 0.4) is 0 Å². The van der Waals surface area contributed by atoms with E-state index in [1.807, 2.05) is 24.3 Å². The Morgan fingerprint density at radius 2 is 1.81 bits per heavy atom. The molecule has 26 heavy (non-hydrogen) atoms. The fourth-order valence-corrected chi connectivity index (χ4v) is 3.88. The molecule has 0 bridgehead atoms. The van der Waals surface area contributed by atoms with Crippen LogP contribution in [0.15, 0.2) is 66.7 Å². The van der Waals surface area contributed by atoms with E-state index in [2.05, 4.69) is 47.8 Å². The van der Waals surface area contributed by atoms with Crippen LogP contribution in [0.1, 0.15) is 30.0 Å². The lowest BCUT2D eigenvalue weighted by atomic mass is 9.88. The van der Waals surface area contributed by atoms with Gasteiger partial charge in [-0.1, -0.05) is 54.6 Å². The van der Waals surface area contributed by atoms with Gasteiger partial charge in [0.2, 0.25) is 0 Å². The summed E-state index contributed by atoms with van der Waals surface area (Å²) in [7, 11) is 0. The van der Waals surface area contributed by atoms with E-state index in [-0.39, 0.29) is 0 Å². The number of aryl methyl sites for hydroxylation is 1. The van der Waals surface area contributed by atoms with Gasteiger partial charge in [-0.05, 0) is 41.3 Å². The van der Waals surface area contributed by atoms with Crippen LogP contribution in [0.25, 0.3) is 10.8 Å². The topological polar surface area (TPSA) is 46.1 Å². The molecule has 2 atom stereocenters. The van der Waals surface area contributed by atoms with Crippen molar-refractivity contribution in [3.8, 4) is 5.75 Å². The Morgan fingerprint density at radius 3 is 2.73 bits per heavy atom. The summed E-state index contributed by atoms with van der Waals surface area (Å²) in [5.74, 6) is 0.811. The van der Waals surface area contributed by atoms with Gasteiger partial charge < -0.3 is 15.2 Å². The molecule has 134 valence electrons. The highest BCUT2D eigenvalue weighted by Crippen LogP contribution is 2.26. The van der Waals surface area contributed by atoms with E-state index in [1.165, 1.54) is 35.8 Å². The van der Waals surface area contributed by atoms with E-state index in [9.17, 15) is 5.11 Å². The second-order valence-corrected chi connectivity index (χ2v) is 7.14. The molecule has 0 saturated carbocycles. The number of aliphatic hydroxyl groups is 1. The second-order valence-electron chi connectivity index (χ2n) is 7.14. The van der Waals surface area contributed by atoms with E-state index in [1.54, 1.807) is 0 Å². The zero-order chi connectivity index (χ0) is 17.8. The molecule has 3 N–H and O–H groups in total. The van der Waals surface area contributed by atoms with Crippen molar-refractivity contribution in [2.24, 2.45) is 0 Å². The van der Waals surface area contributed by atoms with Crippen LogP contribution in [-0.4, -0.2) is 24.4 Å². The fraction of sp³-hybridized carbons (Fsp3) is 0.304. The summed E-state index contributed by atoms with van der Waals surface area (Å²) in [5.41, 5.74) is 2.89. The quantitative estimate of drug-likeness (QED) is 0.718. The molecule has 0 heterocycles. The third-order valence-corrected chi connectivity index (χ3v) is 5.27. The highest BCUT2D eigenvalue weighted by Gasteiger charge is 2.23. The number of rotatable bonds is 6. The lowest BCUT2D eigenvalue weighted by Crippen LogP contribution is -2.87. The molecule has 0 aliphatic heterocycles. The maximum atomic E-state index is 10.3. The van der Waals surface area contributed by atoms with Crippen LogP contribution < -0.4 is 10.1 Å². The third kappa shape index (κ3) is 3.90. The molecule has 0 saturated heterocycles. The molecular weight excluding hydrogens is 322 g/mol. The first-order valence-electron chi connectivity index (χ1n) is 9.50. The molecule has 3 heteroatoms. The lowest BCUT2D eigenvalue weighted by Gasteiger charge is -2.24. The Morgan fingerprint density at radius 1 is 1.00 bits per heavy atom. The first-order valence-corrected chi connectivity index (χ1v) is 9.50. The van der Waals surface area contributed by atoms with Crippen molar-refractivity contribution in [3.05, 3.63) is 77.9 Å². The number of benzene rings is 3. The Bertz CT molecular complexity index is 877. The van der Waals surface area contributed by atoms with Crippen LogP contribution in [0, 0.1) is 0 Å². The molecule has 3 aromatic rings. The van der Waals surface area contributed by atoms with Crippen LogP contribution in [0.2, 0.25) is 0 Å². The molecule has 0 aromatic heterocycles. The van der Waals surface area contributed by atoms with E-state index >= 15 is 0 Å². The largest absolute Gasteiger partial charge is 0.491 e. The Labute approximate surface area is 154 Å².